The third-order valence-electron chi connectivity index (χ3n) is 3.97. The first-order valence-corrected chi connectivity index (χ1v) is 9.52. The van der Waals surface area contributed by atoms with Gasteiger partial charge < -0.3 is 4.57 Å². The molecule has 9 heteroatoms. The number of aromatic nitrogens is 3. The second-order valence-electron chi connectivity index (χ2n) is 5.87. The van der Waals surface area contributed by atoms with Crippen LogP contribution in [0.4, 0.5) is 13.2 Å². The Kier molecular flexibility index (Phi) is 4.51. The van der Waals surface area contributed by atoms with Gasteiger partial charge in [0.2, 0.25) is 0 Å². The van der Waals surface area contributed by atoms with Crippen LogP contribution in [0.2, 0.25) is 0 Å². The number of sulfone groups is 1. The van der Waals surface area contributed by atoms with E-state index in [1.807, 2.05) is 0 Å². The molecular weight excluding hydrogens is 367 g/mol. The van der Waals surface area contributed by atoms with Gasteiger partial charge in [0.25, 0.3) is 0 Å². The third-order valence-corrected chi connectivity index (χ3v) is 5.94. The Balaban J connectivity index is 2.23. The summed E-state index contributed by atoms with van der Waals surface area (Å²) in [6, 6.07) is 7.25. The molecule has 0 N–H and O–H groups in total. The van der Waals surface area contributed by atoms with Gasteiger partial charge in [-0.1, -0.05) is 19.1 Å². The largest absolute Gasteiger partial charge is 0.417 e. The summed E-state index contributed by atoms with van der Waals surface area (Å²) in [5, 5.41) is 0. The van der Waals surface area contributed by atoms with Gasteiger partial charge in [-0.15, -0.1) is 0 Å². The average molecular weight is 383 g/mol. The number of rotatable bonds is 4. The molecule has 0 spiro atoms. The van der Waals surface area contributed by atoms with Gasteiger partial charge in [-0.2, -0.15) is 13.2 Å². The van der Waals surface area contributed by atoms with Gasteiger partial charge in [0.05, 0.1) is 16.2 Å². The van der Waals surface area contributed by atoms with Gasteiger partial charge in [0, 0.05) is 18.8 Å². The van der Waals surface area contributed by atoms with Gasteiger partial charge in [-0.3, -0.25) is 0 Å². The number of halogens is 3. The number of alkyl halides is 3. The molecule has 0 saturated carbocycles. The summed E-state index contributed by atoms with van der Waals surface area (Å²) in [7, 11) is -1.94. The maximum absolute atomic E-state index is 12.9. The second kappa shape index (κ2) is 6.39. The van der Waals surface area contributed by atoms with Crippen molar-refractivity contribution in [3.63, 3.8) is 0 Å². The van der Waals surface area contributed by atoms with E-state index in [0.29, 0.717) is 12.0 Å². The lowest BCUT2D eigenvalue weighted by atomic mass is 10.2. The molecule has 0 amide bonds. The van der Waals surface area contributed by atoms with Gasteiger partial charge in [0.1, 0.15) is 11.3 Å². The van der Waals surface area contributed by atoms with E-state index in [-0.39, 0.29) is 27.6 Å². The van der Waals surface area contributed by atoms with E-state index in [1.165, 1.54) is 10.6 Å². The van der Waals surface area contributed by atoms with Crippen molar-refractivity contribution >= 4 is 21.0 Å². The van der Waals surface area contributed by atoms with Crippen molar-refractivity contribution in [3.05, 3.63) is 42.1 Å². The smallest absolute Gasteiger partial charge is 0.312 e. The van der Waals surface area contributed by atoms with Crippen LogP contribution in [-0.2, 0) is 23.1 Å². The SMILES string of the molecule is CCCS(=O)(=O)c1ccccc1-c1nc2cc(C(F)(F)F)cnc2n1C. The summed E-state index contributed by atoms with van der Waals surface area (Å²) in [6.07, 6.45) is -3.33. The highest BCUT2D eigenvalue weighted by Crippen LogP contribution is 2.33. The fourth-order valence-corrected chi connectivity index (χ4v) is 4.31. The molecule has 5 nitrogen and oxygen atoms in total. The zero-order valence-corrected chi connectivity index (χ0v) is 14.9. The summed E-state index contributed by atoms with van der Waals surface area (Å²) in [5.41, 5.74) is -0.257. The van der Waals surface area contributed by atoms with Crippen LogP contribution in [0, 0.1) is 0 Å². The van der Waals surface area contributed by atoms with Crippen LogP contribution in [0.5, 0.6) is 0 Å². The number of pyridine rings is 1. The molecule has 0 unspecified atom stereocenters. The molecule has 0 fully saturated rings. The Morgan fingerprint density at radius 1 is 1.19 bits per heavy atom. The van der Waals surface area contributed by atoms with Gasteiger partial charge >= 0.3 is 6.18 Å². The highest BCUT2D eigenvalue weighted by atomic mass is 32.2. The molecule has 3 aromatic rings. The highest BCUT2D eigenvalue weighted by Gasteiger charge is 2.32. The Labute approximate surface area is 148 Å². The molecule has 2 aromatic heterocycles. The normalized spacial score (nSPS) is 12.7. The van der Waals surface area contributed by atoms with Gasteiger partial charge in [-0.05, 0) is 24.6 Å². The van der Waals surface area contributed by atoms with Crippen molar-refractivity contribution in [1.29, 1.82) is 0 Å². The first-order valence-electron chi connectivity index (χ1n) is 7.87. The van der Waals surface area contributed by atoms with E-state index < -0.39 is 21.6 Å². The van der Waals surface area contributed by atoms with Crippen LogP contribution in [0.1, 0.15) is 18.9 Å². The minimum absolute atomic E-state index is 0.0234. The van der Waals surface area contributed by atoms with Crippen LogP contribution < -0.4 is 0 Å². The maximum atomic E-state index is 12.9. The number of fused-ring (bicyclic) bond motifs is 1. The van der Waals surface area contributed by atoms with E-state index in [0.717, 1.165) is 12.3 Å². The second-order valence-corrected chi connectivity index (χ2v) is 7.95. The number of hydrogen-bond acceptors (Lipinski definition) is 4. The van der Waals surface area contributed by atoms with Gasteiger partial charge in [-0.25, -0.2) is 18.4 Å². The molecule has 1 aromatic carbocycles. The third kappa shape index (κ3) is 3.18. The monoisotopic (exact) mass is 383 g/mol. The number of hydrogen-bond donors (Lipinski definition) is 0. The van der Waals surface area contributed by atoms with Crippen LogP contribution in [0.3, 0.4) is 0 Å². The van der Waals surface area contributed by atoms with Crippen molar-refractivity contribution in [3.8, 4) is 11.4 Å². The molecule has 2 heterocycles. The molecule has 0 aliphatic carbocycles. The van der Waals surface area contributed by atoms with E-state index in [1.54, 1.807) is 32.2 Å². The van der Waals surface area contributed by atoms with Crippen LogP contribution in [0.15, 0.2) is 41.4 Å². The summed E-state index contributed by atoms with van der Waals surface area (Å²) in [5.74, 6) is 0.229. The van der Waals surface area contributed by atoms with Gasteiger partial charge in [0.15, 0.2) is 15.5 Å². The predicted octanol–water partition coefficient (Wildman–Crippen LogP) is 3.84. The van der Waals surface area contributed by atoms with Crippen molar-refractivity contribution in [2.45, 2.75) is 24.4 Å². The molecule has 0 bridgehead atoms. The lowest BCUT2D eigenvalue weighted by Crippen LogP contribution is -2.08. The van der Waals surface area contributed by atoms with Crippen LogP contribution in [0.25, 0.3) is 22.6 Å². The van der Waals surface area contributed by atoms with Crippen molar-refractivity contribution in [1.82, 2.24) is 14.5 Å². The van der Waals surface area contributed by atoms with E-state index in [4.69, 9.17) is 0 Å². The molecule has 3 rings (SSSR count). The predicted molar refractivity (Wildman–Crippen MR) is 91.3 cm³/mol. The highest BCUT2D eigenvalue weighted by molar-refractivity contribution is 7.91. The number of imidazole rings is 1. The summed E-state index contributed by atoms with van der Waals surface area (Å²) in [4.78, 5) is 8.19. The minimum Gasteiger partial charge on any atom is -0.312 e. The van der Waals surface area contributed by atoms with Crippen molar-refractivity contribution in [2.24, 2.45) is 7.05 Å². The number of nitrogens with zero attached hydrogens (tertiary/aromatic N) is 3. The molecule has 26 heavy (non-hydrogen) atoms. The molecule has 0 radical (unpaired) electrons. The fraction of sp³-hybridized carbons (Fsp3) is 0.294. The summed E-state index contributed by atoms with van der Waals surface area (Å²) < 4.78 is 65.3. The lowest BCUT2D eigenvalue weighted by molar-refractivity contribution is -0.137. The summed E-state index contributed by atoms with van der Waals surface area (Å²) >= 11 is 0. The Morgan fingerprint density at radius 2 is 1.88 bits per heavy atom. The number of benzene rings is 1. The van der Waals surface area contributed by atoms with Crippen LogP contribution in [-0.4, -0.2) is 28.7 Å². The Bertz CT molecular complexity index is 1070. The first kappa shape index (κ1) is 18.4. The zero-order chi connectivity index (χ0) is 19.1. The maximum Gasteiger partial charge on any atom is 0.417 e. The van der Waals surface area contributed by atoms with Crippen molar-refractivity contribution < 1.29 is 21.6 Å². The Morgan fingerprint density at radius 3 is 2.54 bits per heavy atom. The number of aryl methyl sites for hydroxylation is 1. The molecular formula is C17H16F3N3O2S. The lowest BCUT2D eigenvalue weighted by Gasteiger charge is -2.09. The van der Waals surface area contributed by atoms with E-state index >= 15 is 0 Å². The van der Waals surface area contributed by atoms with Crippen molar-refractivity contribution in [2.75, 3.05) is 5.75 Å². The van der Waals surface area contributed by atoms with E-state index in [9.17, 15) is 21.6 Å². The van der Waals surface area contributed by atoms with Crippen LogP contribution >= 0.6 is 0 Å². The topological polar surface area (TPSA) is 64.8 Å². The Hall–Kier alpha value is -2.42. The molecule has 0 saturated heterocycles. The summed E-state index contributed by atoms with van der Waals surface area (Å²) in [6.45, 7) is 1.76. The minimum atomic E-state index is -4.53. The quantitative estimate of drug-likeness (QED) is 0.687. The standard InChI is InChI=1S/C17H16F3N3O2S/c1-3-8-26(24,25)14-7-5-4-6-12(14)15-22-13-9-11(17(18,19)20)10-21-16(13)23(15)2/h4-7,9-10H,3,8H2,1-2H3. The molecule has 0 aliphatic heterocycles. The fourth-order valence-electron chi connectivity index (χ4n) is 2.77. The first-order chi connectivity index (χ1) is 12.1. The molecule has 138 valence electrons. The molecule has 0 atom stereocenters. The molecule has 0 aliphatic rings. The van der Waals surface area contributed by atoms with E-state index in [2.05, 4.69) is 9.97 Å². The zero-order valence-electron chi connectivity index (χ0n) is 14.1. The average Bonchev–Trinajstić information content (AvgIpc) is 2.90.